The molecule has 7 heteroatoms. The molecular formula is C19H18ClN3O3. The van der Waals surface area contributed by atoms with E-state index in [9.17, 15) is 4.79 Å². The zero-order chi connectivity index (χ0) is 18.3. The molecule has 0 unspecified atom stereocenters. The molecule has 0 aromatic carbocycles. The quantitative estimate of drug-likeness (QED) is 0.515. The maximum Gasteiger partial charge on any atom is 0.374 e. The first kappa shape index (κ1) is 16.8. The second-order valence-electron chi connectivity index (χ2n) is 6.26. The molecule has 1 aliphatic rings. The standard InChI is InChI=1S/C19H18ClN3O3/c1-3-25-19(24)18-11(2)16-14(26-18)6-5-13-10-23(22-17(13)16)9-12-4-7-15(20)21-8-12/h4,7-8,10H,3,5-6,9H2,1-2H3. The molecule has 0 saturated heterocycles. The molecule has 4 rings (SSSR count). The maximum atomic E-state index is 12.1. The minimum Gasteiger partial charge on any atom is -0.460 e. The fourth-order valence-electron chi connectivity index (χ4n) is 3.32. The zero-order valence-corrected chi connectivity index (χ0v) is 15.3. The van der Waals surface area contributed by atoms with E-state index >= 15 is 0 Å². The van der Waals surface area contributed by atoms with Gasteiger partial charge in [-0.05, 0) is 37.5 Å². The molecule has 0 radical (unpaired) electrons. The van der Waals surface area contributed by atoms with Crippen LogP contribution in [-0.2, 0) is 24.1 Å². The minimum absolute atomic E-state index is 0.279. The lowest BCUT2D eigenvalue weighted by atomic mass is 9.94. The molecule has 0 spiro atoms. The Morgan fingerprint density at radius 1 is 1.38 bits per heavy atom. The smallest absolute Gasteiger partial charge is 0.374 e. The lowest BCUT2D eigenvalue weighted by Crippen LogP contribution is -2.05. The number of rotatable bonds is 4. The van der Waals surface area contributed by atoms with Gasteiger partial charge in [0, 0.05) is 29.9 Å². The van der Waals surface area contributed by atoms with Crippen molar-refractivity contribution < 1.29 is 13.9 Å². The van der Waals surface area contributed by atoms with Crippen LogP contribution in [0.2, 0.25) is 5.15 Å². The average molecular weight is 372 g/mol. The minimum atomic E-state index is -0.423. The molecule has 134 valence electrons. The van der Waals surface area contributed by atoms with Crippen molar-refractivity contribution in [2.24, 2.45) is 0 Å². The van der Waals surface area contributed by atoms with Gasteiger partial charge in [0.15, 0.2) is 0 Å². The molecule has 0 bridgehead atoms. The van der Waals surface area contributed by atoms with Crippen LogP contribution in [0, 0.1) is 6.92 Å². The van der Waals surface area contributed by atoms with E-state index in [1.807, 2.05) is 23.9 Å². The Labute approximate surface area is 155 Å². The summed E-state index contributed by atoms with van der Waals surface area (Å²) in [6, 6.07) is 3.70. The number of fused-ring (bicyclic) bond motifs is 3. The van der Waals surface area contributed by atoms with Crippen molar-refractivity contribution in [3.63, 3.8) is 0 Å². The molecule has 3 heterocycles. The SMILES string of the molecule is CCOC(=O)c1oc2c(c1C)-c1nn(Cc3ccc(Cl)nc3)cc1CC2. The first-order valence-corrected chi connectivity index (χ1v) is 8.91. The van der Waals surface area contributed by atoms with E-state index in [4.69, 9.17) is 25.9 Å². The number of ether oxygens (including phenoxy) is 1. The van der Waals surface area contributed by atoms with Crippen LogP contribution in [0.3, 0.4) is 0 Å². The number of carbonyl (C=O) groups excluding carboxylic acids is 1. The fourth-order valence-corrected chi connectivity index (χ4v) is 3.43. The molecule has 0 fully saturated rings. The van der Waals surface area contributed by atoms with E-state index in [2.05, 4.69) is 4.98 Å². The molecule has 0 amide bonds. The Balaban J connectivity index is 1.68. The van der Waals surface area contributed by atoms with Crippen molar-refractivity contribution >= 4 is 17.6 Å². The summed E-state index contributed by atoms with van der Waals surface area (Å²) in [5, 5.41) is 5.20. The molecule has 3 aromatic rings. The number of nitrogens with zero attached hydrogens (tertiary/aromatic N) is 3. The topological polar surface area (TPSA) is 70.2 Å². The van der Waals surface area contributed by atoms with Crippen molar-refractivity contribution in [3.8, 4) is 11.3 Å². The number of hydrogen-bond acceptors (Lipinski definition) is 5. The molecule has 0 aliphatic heterocycles. The van der Waals surface area contributed by atoms with E-state index in [0.717, 1.165) is 46.5 Å². The van der Waals surface area contributed by atoms with Crippen molar-refractivity contribution in [1.29, 1.82) is 0 Å². The van der Waals surface area contributed by atoms with Gasteiger partial charge in [-0.25, -0.2) is 9.78 Å². The van der Waals surface area contributed by atoms with E-state index in [0.29, 0.717) is 18.3 Å². The van der Waals surface area contributed by atoms with Crippen LogP contribution in [0.4, 0.5) is 0 Å². The zero-order valence-electron chi connectivity index (χ0n) is 14.6. The Hall–Kier alpha value is -2.60. The highest BCUT2D eigenvalue weighted by Crippen LogP contribution is 2.38. The van der Waals surface area contributed by atoms with Crippen LogP contribution in [-0.4, -0.2) is 27.3 Å². The van der Waals surface area contributed by atoms with Gasteiger partial charge in [0.1, 0.15) is 10.9 Å². The maximum absolute atomic E-state index is 12.1. The Kier molecular flexibility index (Phi) is 4.28. The lowest BCUT2D eigenvalue weighted by molar-refractivity contribution is 0.0487. The molecule has 26 heavy (non-hydrogen) atoms. The molecule has 3 aromatic heterocycles. The normalized spacial score (nSPS) is 12.6. The van der Waals surface area contributed by atoms with Crippen LogP contribution >= 0.6 is 11.6 Å². The third-order valence-electron chi connectivity index (χ3n) is 4.51. The van der Waals surface area contributed by atoms with Gasteiger partial charge in [-0.2, -0.15) is 5.10 Å². The van der Waals surface area contributed by atoms with Crippen molar-refractivity contribution in [2.45, 2.75) is 33.2 Å². The van der Waals surface area contributed by atoms with E-state index in [1.165, 1.54) is 0 Å². The van der Waals surface area contributed by atoms with Crippen molar-refractivity contribution in [2.75, 3.05) is 6.61 Å². The van der Waals surface area contributed by atoms with Gasteiger partial charge >= 0.3 is 5.97 Å². The van der Waals surface area contributed by atoms with E-state index in [-0.39, 0.29) is 5.76 Å². The predicted octanol–water partition coefficient (Wildman–Crippen LogP) is 3.82. The first-order valence-electron chi connectivity index (χ1n) is 8.53. The number of furan rings is 1. The summed E-state index contributed by atoms with van der Waals surface area (Å²) in [5.74, 6) is 0.658. The summed E-state index contributed by atoms with van der Waals surface area (Å²) in [6.45, 7) is 4.58. The lowest BCUT2D eigenvalue weighted by Gasteiger charge is -2.09. The summed E-state index contributed by atoms with van der Waals surface area (Å²) >= 11 is 5.84. The van der Waals surface area contributed by atoms with E-state index < -0.39 is 5.97 Å². The molecule has 0 N–H and O–H groups in total. The van der Waals surface area contributed by atoms with Gasteiger partial charge in [0.25, 0.3) is 0 Å². The monoisotopic (exact) mass is 371 g/mol. The number of halogens is 1. The second kappa shape index (κ2) is 6.61. The van der Waals surface area contributed by atoms with Gasteiger partial charge in [0.05, 0.1) is 18.8 Å². The third kappa shape index (κ3) is 2.90. The predicted molar refractivity (Wildman–Crippen MR) is 96.4 cm³/mol. The number of pyridine rings is 1. The number of aryl methyl sites for hydroxylation is 2. The van der Waals surface area contributed by atoms with Gasteiger partial charge in [-0.1, -0.05) is 17.7 Å². The third-order valence-corrected chi connectivity index (χ3v) is 4.73. The van der Waals surface area contributed by atoms with Crippen LogP contribution < -0.4 is 0 Å². The number of carbonyl (C=O) groups is 1. The summed E-state index contributed by atoms with van der Waals surface area (Å²) in [7, 11) is 0. The molecular weight excluding hydrogens is 354 g/mol. The van der Waals surface area contributed by atoms with Gasteiger partial charge in [-0.3, -0.25) is 4.68 Å². The van der Waals surface area contributed by atoms with Gasteiger partial charge < -0.3 is 9.15 Å². The van der Waals surface area contributed by atoms with Crippen LogP contribution in [0.5, 0.6) is 0 Å². The van der Waals surface area contributed by atoms with Crippen LogP contribution in [0.15, 0.2) is 28.9 Å². The summed E-state index contributed by atoms with van der Waals surface area (Å²) in [6.07, 6.45) is 5.37. The fraction of sp³-hybridized carbons (Fsp3) is 0.316. The highest BCUT2D eigenvalue weighted by molar-refractivity contribution is 6.29. The summed E-state index contributed by atoms with van der Waals surface area (Å²) in [4.78, 5) is 16.2. The molecule has 6 nitrogen and oxygen atoms in total. The highest BCUT2D eigenvalue weighted by atomic mass is 35.5. The van der Waals surface area contributed by atoms with E-state index in [1.54, 1.807) is 19.2 Å². The Morgan fingerprint density at radius 2 is 2.23 bits per heavy atom. The number of aromatic nitrogens is 3. The summed E-state index contributed by atoms with van der Waals surface area (Å²) in [5.41, 5.74) is 4.76. The average Bonchev–Trinajstić information content (AvgIpc) is 3.17. The van der Waals surface area contributed by atoms with Gasteiger partial charge in [-0.15, -0.1) is 0 Å². The van der Waals surface area contributed by atoms with Crippen LogP contribution in [0.1, 0.15) is 39.9 Å². The Bertz CT molecular complexity index is 973. The number of esters is 1. The molecule has 0 saturated carbocycles. The van der Waals surface area contributed by atoms with Crippen LogP contribution in [0.25, 0.3) is 11.3 Å². The first-order chi connectivity index (χ1) is 12.6. The molecule has 0 atom stereocenters. The van der Waals surface area contributed by atoms with Gasteiger partial charge in [0.2, 0.25) is 5.76 Å². The molecule has 1 aliphatic carbocycles. The van der Waals surface area contributed by atoms with Crippen molar-refractivity contribution in [3.05, 3.63) is 57.9 Å². The number of hydrogen-bond donors (Lipinski definition) is 0. The van der Waals surface area contributed by atoms with Crippen molar-refractivity contribution in [1.82, 2.24) is 14.8 Å². The largest absolute Gasteiger partial charge is 0.460 e. The summed E-state index contributed by atoms with van der Waals surface area (Å²) < 4.78 is 12.8. The second-order valence-corrected chi connectivity index (χ2v) is 6.65. The Morgan fingerprint density at radius 3 is 2.96 bits per heavy atom. The highest BCUT2D eigenvalue weighted by Gasteiger charge is 2.30.